The zero-order valence-electron chi connectivity index (χ0n) is 12.1. The molecule has 3 heteroatoms. The maximum Gasteiger partial charge on any atom is 0.110 e. The lowest BCUT2D eigenvalue weighted by Crippen LogP contribution is -2.42. The third kappa shape index (κ3) is 3.81. The first-order valence-electron chi connectivity index (χ1n) is 7.32. The summed E-state index contributed by atoms with van der Waals surface area (Å²) in [6.45, 7) is 7.96. The van der Waals surface area contributed by atoms with E-state index in [1.807, 2.05) is 6.07 Å². The van der Waals surface area contributed by atoms with Gasteiger partial charge in [0.1, 0.15) is 10.9 Å². The van der Waals surface area contributed by atoms with Crippen molar-refractivity contribution >= 4 is 11.3 Å². The Bertz CT molecular complexity index is 444. The standard InChI is InChI=1S/C16H24N2S/c1-11(2)15-7-4-12(3)8-16(15)18-10-14-6-5-13(9-17)19-14/h5-6,11-12,15-16,18H,4,7-8,10H2,1-3H3. The van der Waals surface area contributed by atoms with Gasteiger partial charge in [0.25, 0.3) is 0 Å². The third-order valence-corrected chi connectivity index (χ3v) is 5.32. The molecule has 2 nitrogen and oxygen atoms in total. The highest BCUT2D eigenvalue weighted by Gasteiger charge is 2.30. The minimum atomic E-state index is 0.636. The number of hydrogen-bond acceptors (Lipinski definition) is 3. The Balaban J connectivity index is 1.93. The Hall–Kier alpha value is -0.850. The van der Waals surface area contributed by atoms with Crippen LogP contribution in [0.1, 0.15) is 49.8 Å². The van der Waals surface area contributed by atoms with Crippen molar-refractivity contribution in [3.05, 3.63) is 21.9 Å². The van der Waals surface area contributed by atoms with Gasteiger partial charge in [0, 0.05) is 17.5 Å². The molecule has 1 fully saturated rings. The Morgan fingerprint density at radius 2 is 2.21 bits per heavy atom. The van der Waals surface area contributed by atoms with E-state index in [2.05, 4.69) is 38.2 Å². The van der Waals surface area contributed by atoms with Crippen molar-refractivity contribution in [1.82, 2.24) is 5.32 Å². The highest BCUT2D eigenvalue weighted by Crippen LogP contribution is 2.33. The van der Waals surface area contributed by atoms with Crippen LogP contribution in [0.15, 0.2) is 12.1 Å². The largest absolute Gasteiger partial charge is 0.309 e. The highest BCUT2D eigenvalue weighted by atomic mass is 32.1. The van der Waals surface area contributed by atoms with Gasteiger partial charge < -0.3 is 5.32 Å². The summed E-state index contributed by atoms with van der Waals surface area (Å²) in [5, 5.41) is 12.6. The van der Waals surface area contributed by atoms with Crippen LogP contribution < -0.4 is 5.32 Å². The fourth-order valence-electron chi connectivity index (χ4n) is 3.20. The van der Waals surface area contributed by atoms with Crippen molar-refractivity contribution in [3.8, 4) is 6.07 Å². The number of nitriles is 1. The van der Waals surface area contributed by atoms with Crippen molar-refractivity contribution in [2.45, 2.75) is 52.6 Å². The molecule has 104 valence electrons. The zero-order chi connectivity index (χ0) is 13.8. The molecule has 1 saturated carbocycles. The smallest absolute Gasteiger partial charge is 0.110 e. The van der Waals surface area contributed by atoms with Crippen LogP contribution >= 0.6 is 11.3 Å². The minimum absolute atomic E-state index is 0.636. The summed E-state index contributed by atoms with van der Waals surface area (Å²) in [5.74, 6) is 2.39. The Morgan fingerprint density at radius 1 is 1.42 bits per heavy atom. The van der Waals surface area contributed by atoms with Gasteiger partial charge in [-0.2, -0.15) is 5.26 Å². The molecule has 1 aromatic heterocycles. The second-order valence-corrected chi connectivity index (χ2v) is 7.36. The van der Waals surface area contributed by atoms with Crippen LogP contribution in [0.25, 0.3) is 0 Å². The maximum atomic E-state index is 8.86. The molecule has 1 aromatic rings. The van der Waals surface area contributed by atoms with Gasteiger partial charge in [0.2, 0.25) is 0 Å². The molecule has 0 amide bonds. The van der Waals surface area contributed by atoms with Gasteiger partial charge in [-0.25, -0.2) is 0 Å². The van der Waals surface area contributed by atoms with Gasteiger partial charge in [-0.1, -0.05) is 27.2 Å². The van der Waals surface area contributed by atoms with E-state index in [-0.39, 0.29) is 0 Å². The van der Waals surface area contributed by atoms with Crippen LogP contribution in [0.2, 0.25) is 0 Å². The lowest BCUT2D eigenvalue weighted by molar-refractivity contribution is 0.169. The molecule has 0 aliphatic heterocycles. The summed E-state index contributed by atoms with van der Waals surface area (Å²) >= 11 is 1.61. The quantitative estimate of drug-likeness (QED) is 0.896. The van der Waals surface area contributed by atoms with Gasteiger partial charge in [-0.3, -0.25) is 0 Å². The molecule has 0 saturated heterocycles. The molecule has 3 atom stereocenters. The van der Waals surface area contributed by atoms with E-state index in [1.165, 1.54) is 24.1 Å². The van der Waals surface area contributed by atoms with E-state index in [0.29, 0.717) is 6.04 Å². The van der Waals surface area contributed by atoms with E-state index < -0.39 is 0 Å². The molecule has 0 spiro atoms. The molecular weight excluding hydrogens is 252 g/mol. The molecule has 19 heavy (non-hydrogen) atoms. The molecule has 1 N–H and O–H groups in total. The average Bonchev–Trinajstić information content (AvgIpc) is 2.84. The van der Waals surface area contributed by atoms with E-state index in [1.54, 1.807) is 11.3 Å². The molecule has 0 aromatic carbocycles. The number of thiophene rings is 1. The van der Waals surface area contributed by atoms with E-state index in [4.69, 9.17) is 5.26 Å². The fourth-order valence-corrected chi connectivity index (χ4v) is 3.96. The SMILES string of the molecule is CC1CCC(C(C)C)C(NCc2ccc(C#N)s2)C1. The Labute approximate surface area is 120 Å². The van der Waals surface area contributed by atoms with Crippen molar-refractivity contribution in [2.24, 2.45) is 17.8 Å². The summed E-state index contributed by atoms with van der Waals surface area (Å²) in [6, 6.07) is 6.84. The van der Waals surface area contributed by atoms with Crippen molar-refractivity contribution in [3.63, 3.8) is 0 Å². The maximum absolute atomic E-state index is 8.86. The van der Waals surface area contributed by atoms with Crippen molar-refractivity contribution < 1.29 is 0 Å². The Morgan fingerprint density at radius 3 is 2.84 bits per heavy atom. The first kappa shape index (κ1) is 14.6. The van der Waals surface area contributed by atoms with Crippen LogP contribution in [0.5, 0.6) is 0 Å². The monoisotopic (exact) mass is 276 g/mol. The van der Waals surface area contributed by atoms with Gasteiger partial charge in [-0.15, -0.1) is 11.3 Å². The van der Waals surface area contributed by atoms with E-state index in [0.717, 1.165) is 29.2 Å². The number of rotatable bonds is 4. The molecule has 0 bridgehead atoms. The normalized spacial score (nSPS) is 27.4. The summed E-state index contributed by atoms with van der Waals surface area (Å²) in [6.07, 6.45) is 4.02. The van der Waals surface area contributed by atoms with Crippen LogP contribution in [0, 0.1) is 29.1 Å². The van der Waals surface area contributed by atoms with Crippen LogP contribution in [-0.2, 0) is 6.54 Å². The van der Waals surface area contributed by atoms with E-state index in [9.17, 15) is 0 Å². The van der Waals surface area contributed by atoms with Gasteiger partial charge in [0.05, 0.1) is 0 Å². The Kier molecular flexibility index (Phi) is 5.01. The van der Waals surface area contributed by atoms with Gasteiger partial charge in [-0.05, 0) is 42.7 Å². The lowest BCUT2D eigenvalue weighted by atomic mass is 9.74. The first-order valence-corrected chi connectivity index (χ1v) is 8.14. The summed E-state index contributed by atoms with van der Waals surface area (Å²) in [4.78, 5) is 2.09. The van der Waals surface area contributed by atoms with Gasteiger partial charge >= 0.3 is 0 Å². The third-order valence-electron chi connectivity index (χ3n) is 4.33. The highest BCUT2D eigenvalue weighted by molar-refractivity contribution is 7.12. The predicted molar refractivity (Wildman–Crippen MR) is 81.0 cm³/mol. The number of nitrogens with zero attached hydrogens (tertiary/aromatic N) is 1. The van der Waals surface area contributed by atoms with Gasteiger partial charge in [0.15, 0.2) is 0 Å². The molecule has 2 rings (SSSR count). The predicted octanol–water partition coefficient (Wildman–Crippen LogP) is 4.17. The zero-order valence-corrected chi connectivity index (χ0v) is 13.0. The molecule has 1 aliphatic carbocycles. The lowest BCUT2D eigenvalue weighted by Gasteiger charge is -2.38. The summed E-state index contributed by atoms with van der Waals surface area (Å²) in [7, 11) is 0. The average molecular weight is 276 g/mol. The van der Waals surface area contributed by atoms with E-state index >= 15 is 0 Å². The number of hydrogen-bond donors (Lipinski definition) is 1. The second-order valence-electron chi connectivity index (χ2n) is 6.19. The van der Waals surface area contributed by atoms with Crippen LogP contribution in [0.3, 0.4) is 0 Å². The molecule has 1 heterocycles. The topological polar surface area (TPSA) is 35.8 Å². The van der Waals surface area contributed by atoms with Crippen LogP contribution in [-0.4, -0.2) is 6.04 Å². The van der Waals surface area contributed by atoms with Crippen molar-refractivity contribution in [1.29, 1.82) is 5.26 Å². The summed E-state index contributed by atoms with van der Waals surface area (Å²) < 4.78 is 0. The molecule has 0 radical (unpaired) electrons. The summed E-state index contributed by atoms with van der Waals surface area (Å²) in [5.41, 5.74) is 0. The van der Waals surface area contributed by atoms with Crippen molar-refractivity contribution in [2.75, 3.05) is 0 Å². The molecular formula is C16H24N2S. The number of nitrogens with one attached hydrogen (secondary N) is 1. The molecule has 3 unspecified atom stereocenters. The molecule has 1 aliphatic rings. The fraction of sp³-hybridized carbons (Fsp3) is 0.688. The van der Waals surface area contributed by atoms with Crippen LogP contribution in [0.4, 0.5) is 0 Å². The second kappa shape index (κ2) is 6.54. The minimum Gasteiger partial charge on any atom is -0.309 e. The first-order chi connectivity index (χ1) is 9.10.